The van der Waals surface area contributed by atoms with Gasteiger partial charge in [0.15, 0.2) is 0 Å². The van der Waals surface area contributed by atoms with Crippen LogP contribution in [0.4, 0.5) is 11.4 Å². The van der Waals surface area contributed by atoms with E-state index in [1.165, 1.54) is 30.3 Å². The molecule has 0 fully saturated rings. The van der Waals surface area contributed by atoms with Crippen molar-refractivity contribution in [1.82, 2.24) is 0 Å². The van der Waals surface area contributed by atoms with Gasteiger partial charge in [-0.15, -0.1) is 0 Å². The van der Waals surface area contributed by atoms with Crippen LogP contribution in [0.1, 0.15) is 0 Å². The Kier molecular flexibility index (Phi) is 6.38. The first-order chi connectivity index (χ1) is 14.6. The molecule has 0 aliphatic heterocycles. The molecular weight excluding hydrogens is 499 g/mol. The van der Waals surface area contributed by atoms with Gasteiger partial charge >= 0.3 is 17.1 Å². The zero-order chi connectivity index (χ0) is 22.4. The molecule has 0 atom stereocenters. The average molecular weight is 511 g/mol. The molecule has 0 aromatic heterocycles. The predicted octanol–water partition coefficient (Wildman–Crippen LogP) is 3.63. The minimum atomic E-state index is -5.16. The summed E-state index contributed by atoms with van der Waals surface area (Å²) in [6.07, 6.45) is 0. The van der Waals surface area contributed by atoms with Crippen LogP contribution in [0.15, 0.2) is 86.7 Å². The SMILES string of the molecule is O=S(=O)([O-])c1ccc2cc(N=Nc3c([O-])ccc4ccccc34)ccc2c1S(=O)(=O)O.[Mn+2]. The van der Waals surface area contributed by atoms with Crippen molar-refractivity contribution in [1.29, 1.82) is 0 Å². The minimum Gasteiger partial charge on any atom is -0.871 e. The molecule has 9 nitrogen and oxygen atoms in total. The number of fused-ring (bicyclic) bond motifs is 2. The summed E-state index contributed by atoms with van der Waals surface area (Å²) < 4.78 is 67.2. The summed E-state index contributed by atoms with van der Waals surface area (Å²) in [6, 6.07) is 16.1. The first-order valence-electron chi connectivity index (χ1n) is 8.66. The van der Waals surface area contributed by atoms with Gasteiger partial charge in [-0.25, -0.2) is 8.42 Å². The third-order valence-electron chi connectivity index (χ3n) is 4.57. The number of nitrogens with zero attached hydrogens (tertiary/aromatic N) is 2. The zero-order valence-corrected chi connectivity index (χ0v) is 18.6. The molecule has 1 N–H and O–H groups in total. The van der Waals surface area contributed by atoms with Crippen LogP contribution in [0.2, 0.25) is 0 Å². The average Bonchev–Trinajstić information content (AvgIpc) is 2.70. The smallest absolute Gasteiger partial charge is 0.871 e. The Balaban J connectivity index is 0.00000289. The molecule has 4 rings (SSSR count). The predicted molar refractivity (Wildman–Crippen MR) is 109 cm³/mol. The van der Waals surface area contributed by atoms with Crippen molar-refractivity contribution in [2.24, 2.45) is 10.2 Å². The van der Waals surface area contributed by atoms with Crippen LogP contribution in [-0.4, -0.2) is 25.9 Å². The summed E-state index contributed by atoms with van der Waals surface area (Å²) in [4.78, 5) is -2.05. The molecule has 32 heavy (non-hydrogen) atoms. The van der Waals surface area contributed by atoms with Crippen molar-refractivity contribution < 1.29 is 48.1 Å². The van der Waals surface area contributed by atoms with Gasteiger partial charge in [0.1, 0.15) is 15.0 Å². The number of rotatable bonds is 4. The molecule has 0 spiro atoms. The molecule has 1 radical (unpaired) electrons. The molecule has 0 aliphatic carbocycles. The van der Waals surface area contributed by atoms with Crippen LogP contribution < -0.4 is 5.11 Å². The van der Waals surface area contributed by atoms with E-state index in [1.54, 1.807) is 18.2 Å². The molecule has 0 aliphatic rings. The number of azo groups is 1. The third kappa shape index (κ3) is 4.51. The monoisotopic (exact) mass is 511 g/mol. The second kappa shape index (κ2) is 8.58. The van der Waals surface area contributed by atoms with Gasteiger partial charge in [-0.2, -0.15) is 18.6 Å². The van der Waals surface area contributed by atoms with Crippen LogP contribution in [0.3, 0.4) is 0 Å². The standard InChI is InChI=1S/C20H14N2O7S2.Mn/c23-17-9-5-12-3-1-2-4-15(12)19(17)22-21-14-7-8-16-13(11-14)6-10-18(30(24,25)26)20(16)31(27,28)29;/h1-11,23H,(H,24,25,26)(H,27,28,29);/q;+2/p-2. The molecular formula is C20H12MnN2O7S2. The maximum Gasteiger partial charge on any atom is 2.00 e. The largest absolute Gasteiger partial charge is 2.00 e. The van der Waals surface area contributed by atoms with Gasteiger partial charge < -0.3 is 9.66 Å². The number of hydrogen-bond acceptors (Lipinski definition) is 8. The van der Waals surface area contributed by atoms with E-state index in [0.29, 0.717) is 5.39 Å². The number of hydrogen-bond donors (Lipinski definition) is 1. The van der Waals surface area contributed by atoms with E-state index in [1.807, 2.05) is 12.1 Å². The Hall–Kier alpha value is -2.86. The third-order valence-corrected chi connectivity index (χ3v) is 6.54. The van der Waals surface area contributed by atoms with Crippen molar-refractivity contribution >= 4 is 53.2 Å². The van der Waals surface area contributed by atoms with Crippen molar-refractivity contribution in [3.8, 4) is 5.75 Å². The summed E-state index contributed by atoms with van der Waals surface area (Å²) in [6.45, 7) is 0. The Labute approximate surface area is 193 Å². The molecule has 0 unspecified atom stereocenters. The van der Waals surface area contributed by atoms with Crippen LogP contribution in [0, 0.1) is 0 Å². The van der Waals surface area contributed by atoms with E-state index >= 15 is 0 Å². The summed E-state index contributed by atoms with van der Waals surface area (Å²) in [5.41, 5.74) is 0.364. The molecule has 4 aromatic rings. The van der Waals surface area contributed by atoms with Gasteiger partial charge in [0.2, 0.25) is 0 Å². The Bertz CT molecular complexity index is 1600. The molecule has 0 saturated heterocycles. The van der Waals surface area contributed by atoms with Crippen molar-refractivity contribution in [3.63, 3.8) is 0 Å². The number of benzene rings is 4. The van der Waals surface area contributed by atoms with E-state index in [4.69, 9.17) is 0 Å². The van der Waals surface area contributed by atoms with Crippen LogP contribution in [0.5, 0.6) is 5.75 Å². The molecule has 0 bridgehead atoms. The Morgan fingerprint density at radius 1 is 0.781 bits per heavy atom. The zero-order valence-electron chi connectivity index (χ0n) is 15.8. The second-order valence-electron chi connectivity index (χ2n) is 6.56. The molecule has 0 saturated carbocycles. The van der Waals surface area contributed by atoms with Gasteiger partial charge in [0.25, 0.3) is 10.1 Å². The van der Waals surface area contributed by atoms with Gasteiger partial charge in [0, 0.05) is 10.8 Å². The van der Waals surface area contributed by atoms with E-state index < -0.39 is 30.0 Å². The normalized spacial score (nSPS) is 12.3. The fourth-order valence-corrected chi connectivity index (χ4v) is 5.22. The molecule has 0 heterocycles. The maximum absolute atomic E-state index is 12.2. The minimum absolute atomic E-state index is 0. The fourth-order valence-electron chi connectivity index (χ4n) is 3.24. The first kappa shape index (κ1) is 23.8. The molecule has 0 amide bonds. The van der Waals surface area contributed by atoms with E-state index in [2.05, 4.69) is 10.2 Å². The van der Waals surface area contributed by atoms with Crippen LogP contribution >= 0.6 is 0 Å². The molecule has 4 aromatic carbocycles. The first-order valence-corrected chi connectivity index (χ1v) is 11.5. The van der Waals surface area contributed by atoms with Crippen molar-refractivity contribution in [3.05, 3.63) is 66.7 Å². The summed E-state index contributed by atoms with van der Waals surface area (Å²) in [7, 11) is -10.2. The maximum atomic E-state index is 12.2. The quantitative estimate of drug-likeness (QED) is 0.249. The summed E-state index contributed by atoms with van der Waals surface area (Å²) in [5.74, 6) is -0.331. The van der Waals surface area contributed by atoms with Crippen molar-refractivity contribution in [2.45, 2.75) is 9.79 Å². The van der Waals surface area contributed by atoms with Gasteiger partial charge in [-0.1, -0.05) is 54.3 Å². The molecule has 163 valence electrons. The topological polar surface area (TPSA) is 159 Å². The van der Waals surface area contributed by atoms with E-state index in [0.717, 1.165) is 11.5 Å². The Morgan fingerprint density at radius 2 is 1.47 bits per heavy atom. The second-order valence-corrected chi connectivity index (χ2v) is 9.27. The van der Waals surface area contributed by atoms with Gasteiger partial charge in [-0.3, -0.25) is 4.55 Å². The van der Waals surface area contributed by atoms with Gasteiger partial charge in [0.05, 0.1) is 16.3 Å². The fraction of sp³-hybridized carbons (Fsp3) is 0. The summed E-state index contributed by atoms with van der Waals surface area (Å²) >= 11 is 0. The van der Waals surface area contributed by atoms with Crippen LogP contribution in [-0.2, 0) is 37.3 Å². The Morgan fingerprint density at radius 3 is 2.16 bits per heavy atom. The van der Waals surface area contributed by atoms with E-state index in [-0.39, 0.29) is 45.0 Å². The molecule has 12 heteroatoms. The van der Waals surface area contributed by atoms with Gasteiger partial charge in [-0.05, 0) is 29.0 Å². The summed E-state index contributed by atoms with van der Waals surface area (Å²) in [5, 5.41) is 21.7. The van der Waals surface area contributed by atoms with Crippen LogP contribution in [0.25, 0.3) is 21.5 Å². The van der Waals surface area contributed by atoms with Crippen molar-refractivity contribution in [2.75, 3.05) is 0 Å². The van der Waals surface area contributed by atoms with E-state index in [9.17, 15) is 31.0 Å².